The predicted molar refractivity (Wildman–Crippen MR) is 78.3 cm³/mol. The number of carbonyl (C=O) groups excluding carboxylic acids is 2. The lowest BCUT2D eigenvalue weighted by molar-refractivity contribution is -0.125. The van der Waals surface area contributed by atoms with Crippen LogP contribution in [0.3, 0.4) is 0 Å². The van der Waals surface area contributed by atoms with E-state index in [1.54, 1.807) is 0 Å². The highest BCUT2D eigenvalue weighted by molar-refractivity contribution is 5.79. The smallest absolute Gasteiger partial charge is 0.407 e. The van der Waals surface area contributed by atoms with Crippen molar-refractivity contribution >= 4 is 12.0 Å². The van der Waals surface area contributed by atoms with Gasteiger partial charge in [0.1, 0.15) is 5.60 Å². The van der Waals surface area contributed by atoms with Crippen LogP contribution in [0.25, 0.3) is 0 Å². The topological polar surface area (TPSA) is 67.4 Å². The molecule has 20 heavy (non-hydrogen) atoms. The first kappa shape index (κ1) is 16.5. The third-order valence-electron chi connectivity index (χ3n) is 2.98. The monoisotopic (exact) mass is 282 g/mol. The molecule has 0 saturated heterocycles. The molecule has 1 aliphatic carbocycles. The van der Waals surface area contributed by atoms with Crippen LogP contribution >= 0.6 is 0 Å². The van der Waals surface area contributed by atoms with Crippen molar-refractivity contribution in [1.82, 2.24) is 10.6 Å². The Hall–Kier alpha value is -1.52. The van der Waals surface area contributed by atoms with Crippen molar-refractivity contribution in [2.24, 2.45) is 5.92 Å². The summed E-state index contributed by atoms with van der Waals surface area (Å²) in [6.45, 7) is 7.67. The van der Waals surface area contributed by atoms with E-state index < -0.39 is 11.7 Å². The van der Waals surface area contributed by atoms with E-state index in [9.17, 15) is 9.59 Å². The van der Waals surface area contributed by atoms with Gasteiger partial charge in [0.2, 0.25) is 5.91 Å². The maximum Gasteiger partial charge on any atom is 0.407 e. The number of ether oxygens (including phenoxy) is 1. The molecule has 0 aromatic heterocycles. The van der Waals surface area contributed by atoms with Crippen LogP contribution in [0.5, 0.6) is 0 Å². The summed E-state index contributed by atoms with van der Waals surface area (Å²) >= 11 is 0. The molecule has 2 amide bonds. The molecule has 2 atom stereocenters. The summed E-state index contributed by atoms with van der Waals surface area (Å²) in [4.78, 5) is 23.5. The summed E-state index contributed by atoms with van der Waals surface area (Å²) in [7, 11) is 0. The molecule has 0 aliphatic heterocycles. The zero-order valence-electron chi connectivity index (χ0n) is 12.9. The van der Waals surface area contributed by atoms with Gasteiger partial charge < -0.3 is 15.4 Å². The molecule has 0 radical (unpaired) electrons. The number of alkyl carbamates (subject to hydrolysis) is 1. The van der Waals surface area contributed by atoms with E-state index in [1.807, 2.05) is 27.7 Å². The van der Waals surface area contributed by atoms with Gasteiger partial charge in [0, 0.05) is 18.5 Å². The fraction of sp³-hybridized carbons (Fsp3) is 0.733. The highest BCUT2D eigenvalue weighted by Crippen LogP contribution is 2.18. The number of amides is 2. The second kappa shape index (κ2) is 7.31. The van der Waals surface area contributed by atoms with Gasteiger partial charge in [-0.25, -0.2) is 4.79 Å². The molecule has 0 spiro atoms. The number of carbonyl (C=O) groups is 2. The molecule has 5 heteroatoms. The van der Waals surface area contributed by atoms with Crippen molar-refractivity contribution in [1.29, 1.82) is 0 Å². The van der Waals surface area contributed by atoms with Crippen molar-refractivity contribution in [2.75, 3.05) is 6.54 Å². The Morgan fingerprint density at radius 2 is 2.05 bits per heavy atom. The van der Waals surface area contributed by atoms with Crippen molar-refractivity contribution in [3.63, 3.8) is 0 Å². The molecule has 0 fully saturated rings. The molecule has 1 aliphatic rings. The minimum absolute atomic E-state index is 0.0592. The Balaban J connectivity index is 2.26. The zero-order valence-corrected chi connectivity index (χ0v) is 12.9. The van der Waals surface area contributed by atoms with Crippen molar-refractivity contribution in [2.45, 2.75) is 58.6 Å². The standard InChI is InChI=1S/C15H26N2O3/c1-11(10-16-14(19)20-15(2,3)4)17-13(18)12-8-6-5-7-9-12/h5-6,11-12H,7-10H2,1-4H3,(H,16,19)(H,17,18)/t11-,12?/m0/s1. The van der Waals surface area contributed by atoms with Gasteiger partial charge in [0.25, 0.3) is 0 Å². The Morgan fingerprint density at radius 3 is 2.60 bits per heavy atom. The zero-order chi connectivity index (χ0) is 15.2. The van der Waals surface area contributed by atoms with Crippen molar-refractivity contribution in [3.8, 4) is 0 Å². The average molecular weight is 282 g/mol. The second-order valence-electron chi connectivity index (χ2n) is 6.27. The van der Waals surface area contributed by atoms with Crippen LogP contribution in [0.4, 0.5) is 4.79 Å². The predicted octanol–water partition coefficient (Wildman–Crippen LogP) is 2.37. The van der Waals surface area contributed by atoms with E-state index in [0.29, 0.717) is 6.54 Å². The fourth-order valence-electron chi connectivity index (χ4n) is 1.99. The highest BCUT2D eigenvalue weighted by atomic mass is 16.6. The van der Waals surface area contributed by atoms with E-state index in [4.69, 9.17) is 4.74 Å². The number of rotatable bonds is 4. The third-order valence-corrected chi connectivity index (χ3v) is 2.98. The van der Waals surface area contributed by atoms with Gasteiger partial charge in [-0.2, -0.15) is 0 Å². The summed E-state index contributed by atoms with van der Waals surface area (Å²) in [6.07, 6.45) is 6.36. The van der Waals surface area contributed by atoms with Crippen LogP contribution < -0.4 is 10.6 Å². The van der Waals surface area contributed by atoms with Gasteiger partial charge >= 0.3 is 6.09 Å². The lowest BCUT2D eigenvalue weighted by Gasteiger charge is -2.23. The summed E-state index contributed by atoms with van der Waals surface area (Å²) in [5.41, 5.74) is -0.509. The number of nitrogens with one attached hydrogen (secondary N) is 2. The van der Waals surface area contributed by atoms with Gasteiger partial charge in [0.05, 0.1) is 0 Å². The van der Waals surface area contributed by atoms with Crippen LogP contribution in [0, 0.1) is 5.92 Å². The lowest BCUT2D eigenvalue weighted by atomic mass is 9.93. The van der Waals surface area contributed by atoms with Crippen LogP contribution in [0.1, 0.15) is 47.0 Å². The molecular weight excluding hydrogens is 256 g/mol. The van der Waals surface area contributed by atoms with Gasteiger partial charge in [-0.3, -0.25) is 4.79 Å². The summed E-state index contributed by atoms with van der Waals surface area (Å²) in [6, 6.07) is -0.110. The highest BCUT2D eigenvalue weighted by Gasteiger charge is 2.21. The SMILES string of the molecule is C[C@@H](CNC(=O)OC(C)(C)C)NC(=O)C1CC=CCC1. The normalized spacial score (nSPS) is 20.1. The third kappa shape index (κ3) is 6.59. The quantitative estimate of drug-likeness (QED) is 0.778. The maximum atomic E-state index is 12.0. The summed E-state index contributed by atoms with van der Waals surface area (Å²) in [5.74, 6) is 0.122. The first-order chi connectivity index (χ1) is 9.28. The molecule has 0 aromatic rings. The molecular formula is C15H26N2O3. The van der Waals surface area contributed by atoms with Crippen LogP contribution in [0.2, 0.25) is 0 Å². The van der Waals surface area contributed by atoms with Crippen molar-refractivity contribution < 1.29 is 14.3 Å². The first-order valence-electron chi connectivity index (χ1n) is 7.20. The summed E-state index contributed by atoms with van der Waals surface area (Å²) in [5, 5.41) is 5.58. The molecule has 1 unspecified atom stereocenters. The van der Waals surface area contributed by atoms with Gasteiger partial charge in [-0.05, 0) is 47.0 Å². The van der Waals surface area contributed by atoms with Gasteiger partial charge in [-0.1, -0.05) is 12.2 Å². The van der Waals surface area contributed by atoms with E-state index in [2.05, 4.69) is 22.8 Å². The van der Waals surface area contributed by atoms with Crippen LogP contribution in [-0.2, 0) is 9.53 Å². The Bertz CT molecular complexity index is 372. The van der Waals surface area contributed by atoms with E-state index in [0.717, 1.165) is 19.3 Å². The number of hydrogen-bond donors (Lipinski definition) is 2. The van der Waals surface area contributed by atoms with E-state index >= 15 is 0 Å². The Kier molecular flexibility index (Phi) is 6.05. The van der Waals surface area contributed by atoms with Gasteiger partial charge in [0.15, 0.2) is 0 Å². The van der Waals surface area contributed by atoms with Crippen molar-refractivity contribution in [3.05, 3.63) is 12.2 Å². The Labute approximate surface area is 121 Å². The lowest BCUT2D eigenvalue weighted by Crippen LogP contribution is -2.45. The van der Waals surface area contributed by atoms with Gasteiger partial charge in [-0.15, -0.1) is 0 Å². The molecule has 2 N–H and O–H groups in total. The number of allylic oxidation sites excluding steroid dienone is 2. The average Bonchev–Trinajstić information content (AvgIpc) is 2.35. The molecule has 0 heterocycles. The fourth-order valence-corrected chi connectivity index (χ4v) is 1.99. The number of hydrogen-bond acceptors (Lipinski definition) is 3. The molecule has 1 rings (SSSR count). The van der Waals surface area contributed by atoms with Crippen LogP contribution in [-0.4, -0.2) is 30.2 Å². The van der Waals surface area contributed by atoms with Crippen LogP contribution in [0.15, 0.2) is 12.2 Å². The van der Waals surface area contributed by atoms with E-state index in [-0.39, 0.29) is 17.9 Å². The molecule has 114 valence electrons. The minimum atomic E-state index is -0.509. The minimum Gasteiger partial charge on any atom is -0.444 e. The summed E-state index contributed by atoms with van der Waals surface area (Å²) < 4.78 is 5.14. The molecule has 0 aromatic carbocycles. The first-order valence-corrected chi connectivity index (χ1v) is 7.20. The molecule has 0 saturated carbocycles. The van der Waals surface area contributed by atoms with E-state index in [1.165, 1.54) is 0 Å². The molecule has 0 bridgehead atoms. The maximum absolute atomic E-state index is 12.0. The Morgan fingerprint density at radius 1 is 1.35 bits per heavy atom. The molecule has 5 nitrogen and oxygen atoms in total. The largest absolute Gasteiger partial charge is 0.444 e. The second-order valence-corrected chi connectivity index (χ2v) is 6.27.